The number of furan rings is 1. The van der Waals surface area contributed by atoms with Gasteiger partial charge in [0.25, 0.3) is 0 Å². The number of carbonyl (C=O) groups is 1. The van der Waals surface area contributed by atoms with Gasteiger partial charge in [0.15, 0.2) is 0 Å². The first-order valence-corrected chi connectivity index (χ1v) is 9.15. The average Bonchev–Trinajstić information content (AvgIpc) is 3.18. The summed E-state index contributed by atoms with van der Waals surface area (Å²) in [7, 11) is -3.82. The van der Waals surface area contributed by atoms with Gasteiger partial charge < -0.3 is 14.6 Å². The van der Waals surface area contributed by atoms with Crippen molar-refractivity contribution in [3.8, 4) is 0 Å². The second-order valence-corrected chi connectivity index (χ2v) is 7.38. The highest BCUT2D eigenvalue weighted by Crippen LogP contribution is 2.33. The number of sulfonamides is 1. The summed E-state index contributed by atoms with van der Waals surface area (Å²) in [5, 5.41) is 7.93. The zero-order valence-corrected chi connectivity index (χ0v) is 14.0. The quantitative estimate of drug-likeness (QED) is 0.888. The number of nitrogens with zero attached hydrogens (tertiary/aromatic N) is 1. The molecule has 1 aliphatic heterocycles. The van der Waals surface area contributed by atoms with E-state index in [4.69, 9.17) is 9.56 Å². The van der Waals surface area contributed by atoms with Crippen LogP contribution in [0.1, 0.15) is 30.2 Å². The normalized spacial score (nSPS) is 17.9. The largest absolute Gasteiger partial charge is 0.467 e. The maximum Gasteiger partial charge on any atom is 0.322 e. The number of aryl methyl sites for hydroxylation is 1. The van der Waals surface area contributed by atoms with E-state index in [0.717, 1.165) is 24.2 Å². The van der Waals surface area contributed by atoms with Crippen molar-refractivity contribution < 1.29 is 17.6 Å². The van der Waals surface area contributed by atoms with E-state index in [0.29, 0.717) is 12.2 Å². The number of carbonyl (C=O) groups excluding carboxylic acids is 1. The van der Waals surface area contributed by atoms with Crippen molar-refractivity contribution in [1.82, 2.24) is 4.90 Å². The van der Waals surface area contributed by atoms with Crippen LogP contribution in [0.15, 0.2) is 45.9 Å². The number of nitrogens with one attached hydrogen (secondary N) is 1. The third kappa shape index (κ3) is 3.29. The zero-order valence-electron chi connectivity index (χ0n) is 13.2. The minimum absolute atomic E-state index is 0.0348. The van der Waals surface area contributed by atoms with Crippen LogP contribution in [0.5, 0.6) is 0 Å². The maximum atomic E-state index is 12.6. The number of hydrogen-bond acceptors (Lipinski definition) is 4. The summed E-state index contributed by atoms with van der Waals surface area (Å²) >= 11 is 0. The fourth-order valence-electron chi connectivity index (χ4n) is 2.89. The highest BCUT2D eigenvalue weighted by molar-refractivity contribution is 7.89. The lowest BCUT2D eigenvalue weighted by atomic mass is 10.1. The molecule has 1 atom stereocenters. The van der Waals surface area contributed by atoms with Crippen molar-refractivity contribution >= 4 is 21.7 Å². The molecule has 24 heavy (non-hydrogen) atoms. The van der Waals surface area contributed by atoms with Gasteiger partial charge in [0, 0.05) is 12.2 Å². The second kappa shape index (κ2) is 6.29. The lowest BCUT2D eigenvalue weighted by molar-refractivity contribution is 0.200. The van der Waals surface area contributed by atoms with Crippen molar-refractivity contribution in [2.24, 2.45) is 5.14 Å². The highest BCUT2D eigenvalue weighted by Gasteiger charge is 2.32. The van der Waals surface area contributed by atoms with Crippen molar-refractivity contribution in [2.75, 3.05) is 11.9 Å². The van der Waals surface area contributed by atoms with Crippen LogP contribution in [0.3, 0.4) is 0 Å². The van der Waals surface area contributed by atoms with Crippen LogP contribution >= 0.6 is 0 Å². The van der Waals surface area contributed by atoms with Gasteiger partial charge in [-0.3, -0.25) is 0 Å². The van der Waals surface area contributed by atoms with Gasteiger partial charge in [-0.15, -0.1) is 0 Å². The molecule has 2 amide bonds. The molecule has 1 saturated heterocycles. The van der Waals surface area contributed by atoms with Gasteiger partial charge in [-0.25, -0.2) is 18.4 Å². The SMILES string of the molecule is Cc1ccc(S(N)(=O)=O)cc1NC(=O)N1CCC[C@H]1c1ccco1. The van der Waals surface area contributed by atoms with Crippen molar-refractivity contribution in [1.29, 1.82) is 0 Å². The van der Waals surface area contributed by atoms with Crippen molar-refractivity contribution in [3.05, 3.63) is 47.9 Å². The Bertz CT molecular complexity index is 846. The molecule has 1 aliphatic rings. The number of nitrogens with two attached hydrogens (primary N) is 1. The Hall–Kier alpha value is -2.32. The molecule has 0 aliphatic carbocycles. The molecule has 2 aromatic rings. The lowest BCUT2D eigenvalue weighted by Gasteiger charge is -2.24. The number of likely N-dealkylation sites (tertiary alicyclic amines) is 1. The predicted molar refractivity (Wildman–Crippen MR) is 89.0 cm³/mol. The van der Waals surface area contributed by atoms with Crippen LogP contribution in [-0.4, -0.2) is 25.9 Å². The Kier molecular flexibility index (Phi) is 4.33. The van der Waals surface area contributed by atoms with Gasteiger partial charge in [0.05, 0.1) is 17.2 Å². The highest BCUT2D eigenvalue weighted by atomic mass is 32.2. The number of benzene rings is 1. The first-order valence-electron chi connectivity index (χ1n) is 7.61. The zero-order chi connectivity index (χ0) is 17.3. The molecule has 0 bridgehead atoms. The molecule has 128 valence electrons. The molecule has 2 heterocycles. The summed E-state index contributed by atoms with van der Waals surface area (Å²) < 4.78 is 28.4. The van der Waals surface area contributed by atoms with Gasteiger partial charge in [0.2, 0.25) is 10.0 Å². The van der Waals surface area contributed by atoms with E-state index in [2.05, 4.69) is 5.32 Å². The number of primary sulfonamides is 1. The van der Waals surface area contributed by atoms with Crippen LogP contribution in [0, 0.1) is 6.92 Å². The predicted octanol–water partition coefficient (Wildman–Crippen LogP) is 2.60. The first kappa shape index (κ1) is 16.5. The fraction of sp³-hybridized carbons (Fsp3) is 0.312. The molecule has 0 saturated carbocycles. The van der Waals surface area contributed by atoms with Crippen molar-refractivity contribution in [3.63, 3.8) is 0 Å². The van der Waals surface area contributed by atoms with Gasteiger partial charge in [-0.2, -0.15) is 0 Å². The van der Waals surface area contributed by atoms with E-state index < -0.39 is 10.0 Å². The Balaban J connectivity index is 1.82. The van der Waals surface area contributed by atoms with E-state index in [1.165, 1.54) is 12.1 Å². The Morgan fingerprint density at radius 3 is 2.83 bits per heavy atom. The van der Waals surface area contributed by atoms with E-state index >= 15 is 0 Å². The summed E-state index contributed by atoms with van der Waals surface area (Å²) in [5.41, 5.74) is 1.18. The standard InChI is InChI=1S/C16H19N3O4S/c1-11-6-7-12(24(17,21)22)10-13(11)18-16(20)19-8-2-4-14(19)15-5-3-9-23-15/h3,5-7,9-10,14H,2,4,8H2,1H3,(H,18,20)(H2,17,21,22)/t14-/m0/s1. The number of rotatable bonds is 3. The average molecular weight is 349 g/mol. The Morgan fingerprint density at radius 1 is 1.38 bits per heavy atom. The summed E-state index contributed by atoms with van der Waals surface area (Å²) in [6.07, 6.45) is 3.30. The molecule has 1 aromatic heterocycles. The van der Waals surface area contributed by atoms with Crippen LogP contribution in [-0.2, 0) is 10.0 Å². The monoisotopic (exact) mass is 349 g/mol. The Labute approximate surface area is 140 Å². The molecule has 3 N–H and O–H groups in total. The van der Waals surface area contributed by atoms with E-state index in [-0.39, 0.29) is 17.0 Å². The van der Waals surface area contributed by atoms with E-state index in [1.807, 2.05) is 6.07 Å². The summed E-state index contributed by atoms with van der Waals surface area (Å²) in [6, 6.07) is 7.66. The third-order valence-electron chi connectivity index (χ3n) is 4.16. The smallest absolute Gasteiger partial charge is 0.322 e. The maximum absolute atomic E-state index is 12.6. The minimum atomic E-state index is -3.82. The minimum Gasteiger partial charge on any atom is -0.467 e. The first-order chi connectivity index (χ1) is 11.4. The van der Waals surface area contributed by atoms with E-state index in [9.17, 15) is 13.2 Å². The summed E-state index contributed by atoms with van der Waals surface area (Å²) in [6.45, 7) is 2.40. The number of amides is 2. The number of anilines is 1. The molecule has 0 unspecified atom stereocenters. The molecule has 1 aromatic carbocycles. The second-order valence-electron chi connectivity index (χ2n) is 5.82. The molecular formula is C16H19N3O4S. The molecule has 7 nitrogen and oxygen atoms in total. The van der Waals surface area contributed by atoms with Gasteiger partial charge >= 0.3 is 6.03 Å². The third-order valence-corrected chi connectivity index (χ3v) is 5.08. The van der Waals surface area contributed by atoms with Crippen LogP contribution in [0.2, 0.25) is 0 Å². The molecule has 3 rings (SSSR count). The molecule has 0 spiro atoms. The lowest BCUT2D eigenvalue weighted by Crippen LogP contribution is -2.34. The number of hydrogen-bond donors (Lipinski definition) is 2. The van der Waals surface area contributed by atoms with Gasteiger partial charge in [-0.1, -0.05) is 6.07 Å². The summed E-state index contributed by atoms with van der Waals surface area (Å²) in [5.74, 6) is 0.748. The number of urea groups is 1. The molecule has 1 fully saturated rings. The topological polar surface area (TPSA) is 106 Å². The fourth-order valence-corrected chi connectivity index (χ4v) is 3.43. The van der Waals surface area contributed by atoms with Crippen molar-refractivity contribution in [2.45, 2.75) is 30.7 Å². The van der Waals surface area contributed by atoms with E-state index in [1.54, 1.807) is 30.2 Å². The van der Waals surface area contributed by atoms with Crippen LogP contribution in [0.25, 0.3) is 0 Å². The summed E-state index contributed by atoms with van der Waals surface area (Å²) in [4.78, 5) is 14.3. The Morgan fingerprint density at radius 2 is 2.17 bits per heavy atom. The van der Waals surface area contributed by atoms with Crippen LogP contribution < -0.4 is 10.5 Å². The van der Waals surface area contributed by atoms with Gasteiger partial charge in [0.1, 0.15) is 5.76 Å². The van der Waals surface area contributed by atoms with Gasteiger partial charge in [-0.05, 0) is 49.6 Å². The van der Waals surface area contributed by atoms with Crippen LogP contribution in [0.4, 0.5) is 10.5 Å². The molecular weight excluding hydrogens is 330 g/mol. The molecule has 0 radical (unpaired) electrons. The molecule has 8 heteroatoms.